The van der Waals surface area contributed by atoms with Crippen molar-refractivity contribution in [2.45, 2.75) is 89.6 Å². The number of hydrogen-bond acceptors (Lipinski definition) is 9. The van der Waals surface area contributed by atoms with Crippen molar-refractivity contribution in [2.24, 2.45) is 5.92 Å². The lowest BCUT2D eigenvalue weighted by Gasteiger charge is -2.31. The van der Waals surface area contributed by atoms with Gasteiger partial charge in [0.1, 0.15) is 29.8 Å². The Hall–Kier alpha value is -5.49. The van der Waals surface area contributed by atoms with E-state index in [-0.39, 0.29) is 43.5 Å². The molecule has 0 bridgehead atoms. The number of rotatable bonds is 15. The lowest BCUT2D eigenvalue weighted by Crippen LogP contribution is -2.58. The fourth-order valence-electron chi connectivity index (χ4n) is 5.57. The zero-order valence-electron chi connectivity index (χ0n) is 27.8. The topological polar surface area (TPSA) is 242 Å². The molecule has 2 heterocycles. The highest BCUT2D eigenvalue weighted by molar-refractivity contribution is 6.01. The fraction of sp³-hybridized carbons (Fsp3) is 0.500. The van der Waals surface area contributed by atoms with Crippen LogP contribution in [0.2, 0.25) is 0 Å². The number of amides is 5. The minimum atomic E-state index is -4.89. The number of nitrogens with zero attached hydrogens (tertiary/aromatic N) is 1. The van der Waals surface area contributed by atoms with Crippen molar-refractivity contribution in [2.75, 3.05) is 11.9 Å². The molecular weight excluding hydrogens is 687 g/mol. The number of nitrogens with one attached hydrogen (secondary N) is 4. The summed E-state index contributed by atoms with van der Waals surface area (Å²) in [5.74, 6) is -7.26. The molecule has 1 aliphatic heterocycles. The van der Waals surface area contributed by atoms with Crippen molar-refractivity contribution in [3.05, 3.63) is 40.2 Å². The van der Waals surface area contributed by atoms with Crippen LogP contribution in [0.15, 0.2) is 33.5 Å². The SMILES string of the molecule is CC[C@H](C)[C@H](NC(C)=O)C(=O)N[C@@H](CCC(=O)O)C(=O)N1CCC[C@H]1C(=O)N[C@@H](CC(=O)O)C(=O)Nc1ccc2c(C(F)(F)F)cc(=O)oc2c1. The van der Waals surface area contributed by atoms with Crippen LogP contribution < -0.4 is 26.9 Å². The van der Waals surface area contributed by atoms with Crippen LogP contribution in [-0.4, -0.2) is 87.3 Å². The number of hydrogen-bond donors (Lipinski definition) is 6. The molecule has 1 saturated heterocycles. The van der Waals surface area contributed by atoms with Crippen LogP contribution in [0.25, 0.3) is 11.0 Å². The molecule has 19 heteroatoms. The molecule has 3 rings (SSSR count). The maximum absolute atomic E-state index is 13.7. The first kappa shape index (κ1) is 39.9. The summed E-state index contributed by atoms with van der Waals surface area (Å²) in [6, 6.07) is -2.31. The van der Waals surface area contributed by atoms with Gasteiger partial charge in [0.15, 0.2) is 0 Å². The van der Waals surface area contributed by atoms with E-state index >= 15 is 0 Å². The van der Waals surface area contributed by atoms with Crippen molar-refractivity contribution < 1.29 is 61.4 Å². The molecule has 0 aliphatic carbocycles. The summed E-state index contributed by atoms with van der Waals surface area (Å²) >= 11 is 0. The van der Waals surface area contributed by atoms with Crippen molar-refractivity contribution in [3.8, 4) is 0 Å². The molecule has 278 valence electrons. The van der Waals surface area contributed by atoms with E-state index in [0.29, 0.717) is 6.42 Å². The number of halogens is 3. The summed E-state index contributed by atoms with van der Waals surface area (Å²) < 4.78 is 45.1. The van der Waals surface area contributed by atoms with Gasteiger partial charge in [-0.3, -0.25) is 33.6 Å². The molecule has 16 nitrogen and oxygen atoms in total. The van der Waals surface area contributed by atoms with Gasteiger partial charge in [-0.05, 0) is 37.3 Å². The monoisotopic (exact) mass is 725 g/mol. The molecular formula is C32H38F3N5O11. The molecule has 2 aromatic rings. The van der Waals surface area contributed by atoms with Crippen molar-refractivity contribution >= 4 is 58.1 Å². The number of carbonyl (C=O) groups is 7. The van der Waals surface area contributed by atoms with E-state index in [4.69, 9.17) is 4.42 Å². The van der Waals surface area contributed by atoms with Crippen molar-refractivity contribution in [1.82, 2.24) is 20.9 Å². The molecule has 1 fully saturated rings. The van der Waals surface area contributed by atoms with Crippen LogP contribution in [0.4, 0.5) is 18.9 Å². The van der Waals surface area contributed by atoms with E-state index in [1.807, 2.05) is 0 Å². The molecule has 5 atom stereocenters. The first-order chi connectivity index (χ1) is 23.8. The standard InChI is InChI=1S/C32H38F3N5O11/c1-4-15(2)27(36-16(3)41)30(49)38-20(9-10-24(42)43)31(50)40-11-5-6-22(40)29(48)39-21(14-25(44)45)28(47)37-17-7-8-18-19(32(33,34)35)13-26(46)51-23(18)12-17/h7-8,12-13,15,20-22,27H,4-6,9-11,14H2,1-3H3,(H,36,41)(H,37,47)(H,38,49)(H,39,48)(H,42,43)(H,44,45)/t15-,20-,21-,22-,27-/m0/s1. The number of alkyl halides is 3. The van der Waals surface area contributed by atoms with Gasteiger partial charge in [-0.25, -0.2) is 4.79 Å². The van der Waals surface area contributed by atoms with Gasteiger partial charge >= 0.3 is 23.7 Å². The Kier molecular flexibility index (Phi) is 13.3. The van der Waals surface area contributed by atoms with E-state index in [1.165, 1.54) is 6.92 Å². The van der Waals surface area contributed by atoms with Gasteiger partial charge in [0, 0.05) is 43.1 Å². The van der Waals surface area contributed by atoms with Gasteiger partial charge in [0.2, 0.25) is 29.5 Å². The number of benzene rings is 1. The third-order valence-corrected chi connectivity index (χ3v) is 8.28. The maximum Gasteiger partial charge on any atom is 0.417 e. The number of carboxylic acids is 2. The summed E-state index contributed by atoms with van der Waals surface area (Å²) in [7, 11) is 0. The highest BCUT2D eigenvalue weighted by atomic mass is 19.4. The average molecular weight is 726 g/mol. The Morgan fingerprint density at radius 1 is 0.980 bits per heavy atom. The number of carbonyl (C=O) groups excluding carboxylic acids is 5. The number of anilines is 1. The van der Waals surface area contributed by atoms with Crippen LogP contribution in [0.1, 0.15) is 64.9 Å². The number of carboxylic acid groups (broad SMARTS) is 2. The first-order valence-electron chi connectivity index (χ1n) is 15.9. The van der Waals surface area contributed by atoms with Gasteiger partial charge in [-0.1, -0.05) is 20.3 Å². The summed E-state index contributed by atoms with van der Waals surface area (Å²) in [4.78, 5) is 101. The van der Waals surface area contributed by atoms with Gasteiger partial charge in [0.25, 0.3) is 0 Å². The predicted molar refractivity (Wildman–Crippen MR) is 171 cm³/mol. The van der Waals surface area contributed by atoms with Gasteiger partial charge in [-0.15, -0.1) is 0 Å². The average Bonchev–Trinajstić information content (AvgIpc) is 3.53. The Balaban J connectivity index is 1.82. The summed E-state index contributed by atoms with van der Waals surface area (Å²) in [6.07, 6.45) is -5.92. The fourth-order valence-corrected chi connectivity index (χ4v) is 5.57. The van der Waals surface area contributed by atoms with Crippen LogP contribution in [0.5, 0.6) is 0 Å². The van der Waals surface area contributed by atoms with Crippen molar-refractivity contribution in [1.29, 1.82) is 0 Å². The molecule has 0 saturated carbocycles. The van der Waals surface area contributed by atoms with Crippen LogP contribution in [-0.2, 0) is 39.7 Å². The third kappa shape index (κ3) is 10.7. The second kappa shape index (κ2) is 16.9. The smallest absolute Gasteiger partial charge is 0.417 e. The summed E-state index contributed by atoms with van der Waals surface area (Å²) in [5, 5.41) is 27.8. The van der Waals surface area contributed by atoms with Crippen LogP contribution in [0, 0.1) is 5.92 Å². The van der Waals surface area contributed by atoms with Crippen LogP contribution >= 0.6 is 0 Å². The predicted octanol–water partition coefficient (Wildman–Crippen LogP) is 1.60. The Labute approximate surface area is 288 Å². The minimum absolute atomic E-state index is 0.00511. The largest absolute Gasteiger partial charge is 0.481 e. The van der Waals surface area contributed by atoms with Gasteiger partial charge in [-0.2, -0.15) is 13.2 Å². The van der Waals surface area contributed by atoms with Crippen LogP contribution in [0.3, 0.4) is 0 Å². The van der Waals surface area contributed by atoms with E-state index in [9.17, 15) is 61.7 Å². The number of aliphatic carboxylic acids is 2. The lowest BCUT2D eigenvalue weighted by molar-refractivity contribution is -0.144. The molecule has 1 aromatic carbocycles. The molecule has 1 aromatic heterocycles. The van der Waals surface area contributed by atoms with Gasteiger partial charge < -0.3 is 40.8 Å². The molecule has 0 spiro atoms. The summed E-state index contributed by atoms with van der Waals surface area (Å²) in [6.45, 7) is 4.67. The lowest BCUT2D eigenvalue weighted by atomic mass is 9.97. The molecule has 6 N–H and O–H groups in total. The third-order valence-electron chi connectivity index (χ3n) is 8.28. The highest BCUT2D eigenvalue weighted by Crippen LogP contribution is 2.34. The molecule has 0 radical (unpaired) electrons. The van der Waals surface area contributed by atoms with Crippen molar-refractivity contribution in [3.63, 3.8) is 0 Å². The first-order valence-corrected chi connectivity index (χ1v) is 15.9. The minimum Gasteiger partial charge on any atom is -0.481 e. The Bertz CT molecular complexity index is 1750. The molecule has 51 heavy (non-hydrogen) atoms. The highest BCUT2D eigenvalue weighted by Gasteiger charge is 2.40. The number of fused-ring (bicyclic) bond motifs is 1. The Morgan fingerprint density at radius 2 is 1.67 bits per heavy atom. The summed E-state index contributed by atoms with van der Waals surface area (Å²) in [5.41, 5.74) is -3.29. The molecule has 0 unspecified atom stereocenters. The van der Waals surface area contributed by atoms with E-state index < -0.39 is 107 Å². The number of likely N-dealkylation sites (tertiary alicyclic amines) is 1. The maximum atomic E-state index is 13.7. The molecule has 1 aliphatic rings. The van der Waals surface area contributed by atoms with E-state index in [1.54, 1.807) is 13.8 Å². The second-order valence-corrected chi connectivity index (χ2v) is 12.1. The van der Waals surface area contributed by atoms with E-state index in [0.717, 1.165) is 23.1 Å². The van der Waals surface area contributed by atoms with E-state index in [2.05, 4.69) is 21.3 Å². The quantitative estimate of drug-likeness (QED) is 0.144. The molecule has 5 amide bonds. The Morgan fingerprint density at radius 3 is 2.25 bits per heavy atom. The van der Waals surface area contributed by atoms with Gasteiger partial charge in [0.05, 0.1) is 12.0 Å². The zero-order chi connectivity index (χ0) is 38.2. The second-order valence-electron chi connectivity index (χ2n) is 12.1. The normalized spacial score (nSPS) is 16.7. The zero-order valence-corrected chi connectivity index (χ0v) is 27.8.